The topological polar surface area (TPSA) is 20.2 Å². The van der Waals surface area contributed by atoms with Crippen LogP contribution in [0, 0.1) is 17.8 Å². The van der Waals surface area contributed by atoms with Gasteiger partial charge in [0.05, 0.1) is 6.10 Å². The maximum absolute atomic E-state index is 9.03. The minimum atomic E-state index is -0.0741. The van der Waals surface area contributed by atoms with Crippen molar-refractivity contribution < 1.29 is 5.11 Å². The molecule has 1 N–H and O–H groups in total. The predicted molar refractivity (Wildman–Crippen MR) is 74.7 cm³/mol. The molecular weight excluding hydrogens is 196 g/mol. The number of hydrogen-bond donors (Lipinski definition) is 1. The van der Waals surface area contributed by atoms with E-state index in [0.29, 0.717) is 5.92 Å². The Morgan fingerprint density at radius 3 is 1.31 bits per heavy atom. The van der Waals surface area contributed by atoms with Gasteiger partial charge in [0.2, 0.25) is 0 Å². The third-order valence-electron chi connectivity index (χ3n) is 2.79. The Labute approximate surface area is 104 Å². The van der Waals surface area contributed by atoms with Gasteiger partial charge >= 0.3 is 0 Å². The van der Waals surface area contributed by atoms with Crippen LogP contribution in [-0.4, -0.2) is 11.2 Å². The number of aliphatic hydroxyl groups excluding tert-OH is 1. The van der Waals surface area contributed by atoms with Gasteiger partial charge in [0.15, 0.2) is 0 Å². The highest BCUT2D eigenvalue weighted by Crippen LogP contribution is 2.12. The fourth-order valence-corrected chi connectivity index (χ4v) is 1.68. The summed E-state index contributed by atoms with van der Waals surface area (Å²) in [5, 5.41) is 9.03. The first-order valence-corrected chi connectivity index (χ1v) is 7.01. The molecule has 0 aromatic carbocycles. The molecule has 0 fully saturated rings. The van der Waals surface area contributed by atoms with E-state index in [0.717, 1.165) is 24.7 Å². The molecule has 1 nitrogen and oxygen atoms in total. The van der Waals surface area contributed by atoms with E-state index in [1.54, 1.807) is 0 Å². The quantitative estimate of drug-likeness (QED) is 0.689. The molecule has 0 aliphatic carbocycles. The van der Waals surface area contributed by atoms with Crippen molar-refractivity contribution in [2.45, 2.75) is 80.3 Å². The van der Waals surface area contributed by atoms with Crippen molar-refractivity contribution in [2.24, 2.45) is 17.8 Å². The van der Waals surface area contributed by atoms with Gasteiger partial charge in [-0.25, -0.2) is 0 Å². The zero-order valence-electron chi connectivity index (χ0n) is 12.6. The standard InChI is InChI=1S/C8H18.C7H16O/c1-5-8(4)6-7(2)3;1-4-7(8)5-6(2)3/h7-8H,5-6H2,1-4H3;6-8H,4-5H2,1-3H3/t8-;7-/m00/s1. The Kier molecular flexibility index (Phi) is 13.1. The molecule has 0 amide bonds. The number of hydrogen-bond acceptors (Lipinski definition) is 1. The fraction of sp³-hybridized carbons (Fsp3) is 1.00. The minimum absolute atomic E-state index is 0.0741. The average Bonchev–Trinajstić information content (AvgIpc) is 2.16. The zero-order valence-corrected chi connectivity index (χ0v) is 12.6. The van der Waals surface area contributed by atoms with Gasteiger partial charge in [-0.1, -0.05) is 54.9 Å². The normalized spacial score (nSPS) is 14.6. The molecule has 0 saturated heterocycles. The van der Waals surface area contributed by atoms with Gasteiger partial charge in [-0.15, -0.1) is 0 Å². The van der Waals surface area contributed by atoms with Gasteiger partial charge < -0.3 is 5.11 Å². The third-order valence-corrected chi connectivity index (χ3v) is 2.79. The SMILES string of the molecule is CC[C@H](C)CC(C)C.CC[C@H](O)CC(C)C. The second-order valence-corrected chi connectivity index (χ2v) is 5.83. The van der Waals surface area contributed by atoms with Crippen LogP contribution in [-0.2, 0) is 0 Å². The molecule has 0 saturated carbocycles. The Hall–Kier alpha value is -0.0400. The van der Waals surface area contributed by atoms with Crippen molar-refractivity contribution in [3.63, 3.8) is 0 Å². The molecule has 0 heterocycles. The van der Waals surface area contributed by atoms with Crippen LogP contribution < -0.4 is 0 Å². The highest BCUT2D eigenvalue weighted by Gasteiger charge is 2.02. The first-order chi connectivity index (χ1) is 7.33. The molecule has 16 heavy (non-hydrogen) atoms. The molecule has 0 unspecified atom stereocenters. The molecule has 2 atom stereocenters. The molecule has 0 rings (SSSR count). The van der Waals surface area contributed by atoms with Crippen LogP contribution in [0.25, 0.3) is 0 Å². The van der Waals surface area contributed by atoms with Crippen molar-refractivity contribution >= 4 is 0 Å². The summed E-state index contributed by atoms with van der Waals surface area (Å²) in [4.78, 5) is 0. The van der Waals surface area contributed by atoms with Crippen molar-refractivity contribution in [3.05, 3.63) is 0 Å². The molecule has 100 valence electrons. The van der Waals surface area contributed by atoms with Crippen molar-refractivity contribution in [3.8, 4) is 0 Å². The number of aliphatic hydroxyl groups is 1. The van der Waals surface area contributed by atoms with Crippen molar-refractivity contribution in [1.82, 2.24) is 0 Å². The van der Waals surface area contributed by atoms with Crippen LogP contribution in [0.2, 0.25) is 0 Å². The maximum atomic E-state index is 9.03. The minimum Gasteiger partial charge on any atom is -0.393 e. The molecular formula is C15H34O. The van der Waals surface area contributed by atoms with Crippen LogP contribution in [0.1, 0.15) is 74.1 Å². The van der Waals surface area contributed by atoms with E-state index in [9.17, 15) is 0 Å². The fourth-order valence-electron chi connectivity index (χ4n) is 1.68. The summed E-state index contributed by atoms with van der Waals surface area (Å²) in [5.74, 6) is 2.44. The van der Waals surface area contributed by atoms with E-state index in [4.69, 9.17) is 5.11 Å². The summed E-state index contributed by atoms with van der Waals surface area (Å²) in [5.41, 5.74) is 0. The Balaban J connectivity index is 0. The van der Waals surface area contributed by atoms with Crippen LogP contribution in [0.15, 0.2) is 0 Å². The number of rotatable bonds is 6. The maximum Gasteiger partial charge on any atom is 0.0540 e. The van der Waals surface area contributed by atoms with E-state index in [1.165, 1.54) is 12.8 Å². The van der Waals surface area contributed by atoms with Gasteiger partial charge in [-0.3, -0.25) is 0 Å². The second-order valence-electron chi connectivity index (χ2n) is 5.83. The predicted octanol–water partition coefficient (Wildman–Crippen LogP) is 4.88. The lowest BCUT2D eigenvalue weighted by Crippen LogP contribution is -2.07. The van der Waals surface area contributed by atoms with E-state index in [1.807, 2.05) is 6.92 Å². The van der Waals surface area contributed by atoms with Gasteiger partial charge in [-0.2, -0.15) is 0 Å². The second kappa shape index (κ2) is 11.4. The molecule has 0 spiro atoms. The molecule has 0 aliphatic rings. The molecule has 0 radical (unpaired) electrons. The third kappa shape index (κ3) is 16.4. The highest BCUT2D eigenvalue weighted by molar-refractivity contribution is 4.54. The van der Waals surface area contributed by atoms with Crippen molar-refractivity contribution in [1.29, 1.82) is 0 Å². The summed E-state index contributed by atoms with van der Waals surface area (Å²) >= 11 is 0. The lowest BCUT2D eigenvalue weighted by molar-refractivity contribution is 0.145. The smallest absolute Gasteiger partial charge is 0.0540 e. The van der Waals surface area contributed by atoms with E-state index in [-0.39, 0.29) is 6.10 Å². The summed E-state index contributed by atoms with van der Waals surface area (Å²) in [6, 6.07) is 0. The van der Waals surface area contributed by atoms with Crippen LogP contribution in [0.3, 0.4) is 0 Å². The van der Waals surface area contributed by atoms with Crippen molar-refractivity contribution in [2.75, 3.05) is 0 Å². The first-order valence-electron chi connectivity index (χ1n) is 7.01. The zero-order chi connectivity index (χ0) is 13.1. The lowest BCUT2D eigenvalue weighted by atomic mass is 9.97. The van der Waals surface area contributed by atoms with Crippen LogP contribution in [0.5, 0.6) is 0 Å². The Bertz CT molecular complexity index is 113. The molecule has 0 aromatic rings. The van der Waals surface area contributed by atoms with Crippen LogP contribution in [0.4, 0.5) is 0 Å². The summed E-state index contributed by atoms with van der Waals surface area (Å²) < 4.78 is 0. The van der Waals surface area contributed by atoms with Gasteiger partial charge in [0.1, 0.15) is 0 Å². The lowest BCUT2D eigenvalue weighted by Gasteiger charge is -2.09. The molecule has 0 aliphatic heterocycles. The average molecular weight is 230 g/mol. The van der Waals surface area contributed by atoms with Crippen LogP contribution >= 0.6 is 0 Å². The summed E-state index contributed by atoms with van der Waals surface area (Å²) in [7, 11) is 0. The Morgan fingerprint density at radius 1 is 0.750 bits per heavy atom. The molecule has 0 aromatic heterocycles. The van der Waals surface area contributed by atoms with E-state index >= 15 is 0 Å². The van der Waals surface area contributed by atoms with E-state index in [2.05, 4.69) is 41.5 Å². The van der Waals surface area contributed by atoms with Gasteiger partial charge in [-0.05, 0) is 37.0 Å². The van der Waals surface area contributed by atoms with E-state index < -0.39 is 0 Å². The highest BCUT2D eigenvalue weighted by atomic mass is 16.3. The molecule has 1 heteroatoms. The Morgan fingerprint density at radius 2 is 1.19 bits per heavy atom. The monoisotopic (exact) mass is 230 g/mol. The van der Waals surface area contributed by atoms with Gasteiger partial charge in [0.25, 0.3) is 0 Å². The summed E-state index contributed by atoms with van der Waals surface area (Å²) in [6.07, 6.45) is 4.47. The van der Waals surface area contributed by atoms with Gasteiger partial charge in [0, 0.05) is 0 Å². The molecule has 0 bridgehead atoms. The summed E-state index contributed by atoms with van der Waals surface area (Å²) in [6.45, 7) is 15.4. The first kappa shape index (κ1) is 18.3. The largest absolute Gasteiger partial charge is 0.393 e.